The molecule has 1 aliphatic heterocycles. The first kappa shape index (κ1) is 12.4. The van der Waals surface area contributed by atoms with Crippen LogP contribution in [-0.4, -0.2) is 42.1 Å². The van der Waals surface area contributed by atoms with E-state index in [9.17, 15) is 14.4 Å². The number of carbonyl (C=O) groups excluding carboxylic acids is 3. The summed E-state index contributed by atoms with van der Waals surface area (Å²) in [6, 6.07) is 3.52. The maximum atomic E-state index is 11.8. The van der Waals surface area contributed by atoms with Crippen molar-refractivity contribution in [3.63, 3.8) is 0 Å². The van der Waals surface area contributed by atoms with E-state index in [0.717, 1.165) is 3.79 Å². The van der Waals surface area contributed by atoms with Gasteiger partial charge < -0.3 is 0 Å². The number of carbonyl (C=O) groups is 3. The van der Waals surface area contributed by atoms with Gasteiger partial charge in [0.25, 0.3) is 0 Å². The van der Waals surface area contributed by atoms with E-state index in [1.54, 1.807) is 12.1 Å². The highest BCUT2D eigenvalue weighted by atomic mass is 79.9. The van der Waals surface area contributed by atoms with Crippen molar-refractivity contribution in [2.45, 2.75) is 0 Å². The van der Waals surface area contributed by atoms with Gasteiger partial charge in [-0.2, -0.15) is 0 Å². The van der Waals surface area contributed by atoms with Crippen LogP contribution in [0.15, 0.2) is 15.9 Å². The molecule has 2 rings (SSSR count). The number of nitrogens with zero attached hydrogens (tertiary/aromatic N) is 1. The fraction of sp³-hybridized carbons (Fsp3) is 0.300. The molecule has 2 heterocycles. The van der Waals surface area contributed by atoms with Gasteiger partial charge in [-0.3, -0.25) is 24.6 Å². The molecule has 0 saturated carbocycles. The predicted octanol–water partition coefficient (Wildman–Crippen LogP) is 0.652. The van der Waals surface area contributed by atoms with Crippen molar-refractivity contribution in [1.82, 2.24) is 10.2 Å². The number of hydrogen-bond acceptors (Lipinski definition) is 5. The van der Waals surface area contributed by atoms with Gasteiger partial charge in [0.1, 0.15) is 0 Å². The molecule has 0 atom stereocenters. The summed E-state index contributed by atoms with van der Waals surface area (Å²) in [6.45, 7) is 0.264. The average Bonchev–Trinajstić information content (AvgIpc) is 2.63. The maximum absolute atomic E-state index is 11.8. The molecule has 1 aromatic heterocycles. The van der Waals surface area contributed by atoms with E-state index >= 15 is 0 Å². The topological polar surface area (TPSA) is 66.5 Å². The predicted molar refractivity (Wildman–Crippen MR) is 65.9 cm³/mol. The third-order valence-electron chi connectivity index (χ3n) is 2.23. The van der Waals surface area contributed by atoms with Crippen molar-refractivity contribution in [3.8, 4) is 0 Å². The molecular weight excluding hydrogens is 308 g/mol. The summed E-state index contributed by atoms with van der Waals surface area (Å²) in [6.07, 6.45) is 0. The first-order valence-corrected chi connectivity index (χ1v) is 6.49. The smallest absolute Gasteiger partial charge is 0.240 e. The summed E-state index contributed by atoms with van der Waals surface area (Å²) >= 11 is 4.62. The Labute approximate surface area is 110 Å². The minimum absolute atomic E-state index is 0.0804. The summed E-state index contributed by atoms with van der Waals surface area (Å²) in [5.41, 5.74) is 0. The van der Waals surface area contributed by atoms with Crippen molar-refractivity contribution in [2.75, 3.05) is 19.6 Å². The molecule has 0 aromatic carbocycles. The summed E-state index contributed by atoms with van der Waals surface area (Å²) in [5, 5.41) is 2.19. The molecule has 1 fully saturated rings. The summed E-state index contributed by atoms with van der Waals surface area (Å²) < 4.78 is 0.883. The Kier molecular flexibility index (Phi) is 3.70. The number of rotatable bonds is 3. The fourth-order valence-corrected chi connectivity index (χ4v) is 2.87. The van der Waals surface area contributed by atoms with Crippen molar-refractivity contribution in [1.29, 1.82) is 0 Å². The van der Waals surface area contributed by atoms with Crippen LogP contribution in [0, 0.1) is 0 Å². The number of amides is 2. The van der Waals surface area contributed by atoms with Crippen LogP contribution in [0.5, 0.6) is 0 Å². The van der Waals surface area contributed by atoms with Crippen LogP contribution in [0.3, 0.4) is 0 Å². The highest BCUT2D eigenvalue weighted by molar-refractivity contribution is 9.11. The number of halogens is 1. The molecule has 5 nitrogen and oxygen atoms in total. The molecule has 7 heteroatoms. The lowest BCUT2D eigenvalue weighted by molar-refractivity contribution is -0.135. The Morgan fingerprint density at radius 2 is 2.00 bits per heavy atom. The number of ketones is 1. The summed E-state index contributed by atoms with van der Waals surface area (Å²) in [4.78, 5) is 36.2. The number of thiophene rings is 1. The zero-order chi connectivity index (χ0) is 12.4. The molecule has 0 unspecified atom stereocenters. The molecule has 1 aliphatic rings. The Morgan fingerprint density at radius 1 is 1.35 bits per heavy atom. The van der Waals surface area contributed by atoms with E-state index < -0.39 is 0 Å². The molecule has 0 aliphatic carbocycles. The van der Waals surface area contributed by atoms with E-state index in [1.165, 1.54) is 16.2 Å². The highest BCUT2D eigenvalue weighted by Gasteiger charge is 2.24. The largest absolute Gasteiger partial charge is 0.294 e. The SMILES string of the molecule is O=C1CN(CC(=O)c2ccc(Br)s2)CC(=O)N1. The Hall–Kier alpha value is -1.05. The fourth-order valence-electron chi connectivity index (χ4n) is 1.55. The van der Waals surface area contributed by atoms with Gasteiger partial charge in [0.05, 0.1) is 28.3 Å². The molecule has 1 saturated heterocycles. The molecule has 0 spiro atoms. The van der Waals surface area contributed by atoms with Crippen LogP contribution in [-0.2, 0) is 9.59 Å². The number of nitrogens with one attached hydrogen (secondary N) is 1. The molecule has 1 aromatic rings. The van der Waals surface area contributed by atoms with Gasteiger partial charge in [0.15, 0.2) is 5.78 Å². The Balaban J connectivity index is 1.99. The Morgan fingerprint density at radius 3 is 2.53 bits per heavy atom. The zero-order valence-corrected chi connectivity index (χ0v) is 11.1. The summed E-state index contributed by atoms with van der Waals surface area (Å²) in [7, 11) is 0. The van der Waals surface area contributed by atoms with Gasteiger partial charge in [-0.05, 0) is 28.1 Å². The number of imide groups is 1. The Bertz CT molecular complexity index is 470. The third kappa shape index (κ3) is 3.21. The molecule has 90 valence electrons. The van der Waals surface area contributed by atoms with E-state index in [2.05, 4.69) is 21.2 Å². The van der Waals surface area contributed by atoms with Crippen LogP contribution in [0.1, 0.15) is 9.67 Å². The molecule has 1 N–H and O–H groups in total. The number of piperazine rings is 1. The summed E-state index contributed by atoms with van der Waals surface area (Å²) in [5.74, 6) is -0.800. The quantitative estimate of drug-likeness (QED) is 0.657. The van der Waals surface area contributed by atoms with Gasteiger partial charge in [-0.25, -0.2) is 0 Å². The highest BCUT2D eigenvalue weighted by Crippen LogP contribution is 2.22. The standard InChI is InChI=1S/C10H9BrN2O3S/c11-8-2-1-7(17-8)6(14)3-13-4-9(15)12-10(16)5-13/h1-2H,3-5H2,(H,12,15,16). The van der Waals surface area contributed by atoms with E-state index in [-0.39, 0.29) is 37.2 Å². The molecule has 0 radical (unpaired) electrons. The second kappa shape index (κ2) is 5.07. The minimum Gasteiger partial charge on any atom is -0.294 e. The first-order valence-electron chi connectivity index (χ1n) is 4.88. The first-order chi connectivity index (χ1) is 8.04. The van der Waals surface area contributed by atoms with Crippen molar-refractivity contribution in [3.05, 3.63) is 20.8 Å². The normalized spacial score (nSPS) is 17.0. The van der Waals surface area contributed by atoms with Crippen LogP contribution in [0.25, 0.3) is 0 Å². The van der Waals surface area contributed by atoms with Crippen LogP contribution in [0.2, 0.25) is 0 Å². The molecule has 0 bridgehead atoms. The second-order valence-corrected chi connectivity index (χ2v) is 6.11. The number of Topliss-reactive ketones (excluding diaryl/α,β-unsaturated/α-hetero) is 1. The van der Waals surface area contributed by atoms with Crippen LogP contribution < -0.4 is 5.32 Å². The van der Waals surface area contributed by atoms with Crippen LogP contribution >= 0.6 is 27.3 Å². The lowest BCUT2D eigenvalue weighted by Gasteiger charge is -2.24. The number of hydrogen-bond donors (Lipinski definition) is 1. The van der Waals surface area contributed by atoms with E-state index in [1.807, 2.05) is 0 Å². The van der Waals surface area contributed by atoms with Gasteiger partial charge in [0.2, 0.25) is 11.8 Å². The van der Waals surface area contributed by atoms with Crippen molar-refractivity contribution >= 4 is 44.9 Å². The maximum Gasteiger partial charge on any atom is 0.240 e. The monoisotopic (exact) mass is 316 g/mol. The zero-order valence-electron chi connectivity index (χ0n) is 8.73. The van der Waals surface area contributed by atoms with Crippen molar-refractivity contribution in [2.24, 2.45) is 0 Å². The lowest BCUT2D eigenvalue weighted by Crippen LogP contribution is -2.52. The molecule has 2 amide bonds. The molecule has 17 heavy (non-hydrogen) atoms. The van der Waals surface area contributed by atoms with E-state index in [0.29, 0.717) is 4.88 Å². The van der Waals surface area contributed by atoms with Gasteiger partial charge in [-0.15, -0.1) is 11.3 Å². The lowest BCUT2D eigenvalue weighted by atomic mass is 10.2. The van der Waals surface area contributed by atoms with Crippen LogP contribution in [0.4, 0.5) is 0 Å². The van der Waals surface area contributed by atoms with E-state index in [4.69, 9.17) is 0 Å². The van der Waals surface area contributed by atoms with Gasteiger partial charge in [-0.1, -0.05) is 0 Å². The average molecular weight is 317 g/mol. The third-order valence-corrected chi connectivity index (χ3v) is 3.89. The van der Waals surface area contributed by atoms with Gasteiger partial charge >= 0.3 is 0 Å². The van der Waals surface area contributed by atoms with Gasteiger partial charge in [0, 0.05) is 0 Å². The second-order valence-electron chi connectivity index (χ2n) is 3.64. The minimum atomic E-state index is -0.360. The molecular formula is C10H9BrN2O3S. The van der Waals surface area contributed by atoms with Crippen molar-refractivity contribution < 1.29 is 14.4 Å².